The van der Waals surface area contributed by atoms with E-state index in [1.165, 1.54) is 65.7 Å². The topological polar surface area (TPSA) is 3.24 Å². The number of hydrogen-bond acceptors (Lipinski definition) is 1. The van der Waals surface area contributed by atoms with Gasteiger partial charge in [0.05, 0.1) is 5.69 Å². The highest BCUT2D eigenvalue weighted by atomic mass is 15.1. The van der Waals surface area contributed by atoms with E-state index < -0.39 is 0 Å². The predicted molar refractivity (Wildman–Crippen MR) is 210 cm³/mol. The molecule has 9 aromatic carbocycles. The predicted octanol–water partition coefficient (Wildman–Crippen LogP) is 13.6. The van der Waals surface area contributed by atoms with Crippen LogP contribution in [0.1, 0.15) is 0 Å². The Labute approximate surface area is 287 Å². The second kappa shape index (κ2) is 12.3. The average Bonchev–Trinajstić information content (AvgIpc) is 3.18. The van der Waals surface area contributed by atoms with Gasteiger partial charge in [-0.15, -0.1) is 0 Å². The van der Waals surface area contributed by atoms with Crippen LogP contribution < -0.4 is 4.90 Å². The fourth-order valence-electron chi connectivity index (χ4n) is 7.33. The molecule has 0 amide bonds. The third-order valence-electron chi connectivity index (χ3n) is 9.62. The molecule has 0 fully saturated rings. The highest BCUT2D eigenvalue weighted by molar-refractivity contribution is 6.15. The highest BCUT2D eigenvalue weighted by Gasteiger charge is 2.18. The smallest absolute Gasteiger partial charge is 0.0540 e. The third kappa shape index (κ3) is 5.23. The maximum atomic E-state index is 2.39. The summed E-state index contributed by atoms with van der Waals surface area (Å²) in [5.74, 6) is 0. The van der Waals surface area contributed by atoms with E-state index in [1.54, 1.807) is 0 Å². The van der Waals surface area contributed by atoms with Crippen molar-refractivity contribution in [2.24, 2.45) is 0 Å². The molecule has 0 aromatic heterocycles. The molecule has 0 aliphatic carbocycles. The summed E-state index contributed by atoms with van der Waals surface area (Å²) in [5.41, 5.74) is 10.6. The van der Waals surface area contributed by atoms with Crippen LogP contribution in [0.15, 0.2) is 200 Å². The van der Waals surface area contributed by atoms with E-state index in [1.807, 2.05) is 0 Å². The van der Waals surface area contributed by atoms with Gasteiger partial charge in [0, 0.05) is 16.9 Å². The van der Waals surface area contributed by atoms with Crippen molar-refractivity contribution >= 4 is 49.4 Å². The molecule has 0 spiro atoms. The molecule has 9 rings (SSSR count). The van der Waals surface area contributed by atoms with Gasteiger partial charge in [0.1, 0.15) is 0 Å². The monoisotopic (exact) mass is 623 g/mol. The number of nitrogens with zero attached hydrogens (tertiary/aromatic N) is 1. The molecule has 1 heteroatoms. The van der Waals surface area contributed by atoms with Gasteiger partial charge in [0.2, 0.25) is 0 Å². The van der Waals surface area contributed by atoms with Crippen molar-refractivity contribution in [3.05, 3.63) is 200 Å². The first kappa shape index (κ1) is 28.8. The molecular weight excluding hydrogens is 591 g/mol. The summed E-state index contributed by atoms with van der Waals surface area (Å²) >= 11 is 0. The Morgan fingerprint density at radius 2 is 0.857 bits per heavy atom. The van der Waals surface area contributed by atoms with Gasteiger partial charge in [0.25, 0.3) is 0 Å². The number of hydrogen-bond donors (Lipinski definition) is 0. The molecule has 0 saturated carbocycles. The summed E-state index contributed by atoms with van der Waals surface area (Å²) in [4.78, 5) is 2.38. The second-order valence-corrected chi connectivity index (χ2v) is 12.5. The Hall–Kier alpha value is -6.44. The van der Waals surface area contributed by atoms with Crippen LogP contribution in [0.3, 0.4) is 0 Å². The van der Waals surface area contributed by atoms with Gasteiger partial charge in [-0.1, -0.05) is 158 Å². The second-order valence-electron chi connectivity index (χ2n) is 12.5. The zero-order valence-corrected chi connectivity index (χ0v) is 27.0. The van der Waals surface area contributed by atoms with E-state index in [0.717, 1.165) is 17.1 Å². The molecule has 0 heterocycles. The van der Waals surface area contributed by atoms with Crippen LogP contribution in [0.4, 0.5) is 17.1 Å². The summed E-state index contributed by atoms with van der Waals surface area (Å²) < 4.78 is 0. The van der Waals surface area contributed by atoms with Crippen LogP contribution >= 0.6 is 0 Å². The minimum atomic E-state index is 1.11. The summed E-state index contributed by atoms with van der Waals surface area (Å²) in [6, 6.07) is 72.4. The van der Waals surface area contributed by atoms with Crippen LogP contribution in [-0.2, 0) is 0 Å². The molecule has 0 aliphatic heterocycles. The molecule has 0 saturated heterocycles. The first-order chi connectivity index (χ1) is 24.3. The fraction of sp³-hybridized carbons (Fsp3) is 0. The van der Waals surface area contributed by atoms with Gasteiger partial charge in [0.15, 0.2) is 0 Å². The lowest BCUT2D eigenvalue weighted by molar-refractivity contribution is 1.28. The molecule has 0 bridgehead atoms. The molecule has 0 atom stereocenters. The van der Waals surface area contributed by atoms with E-state index in [4.69, 9.17) is 0 Å². The van der Waals surface area contributed by atoms with Crippen LogP contribution in [0, 0.1) is 0 Å². The summed E-state index contributed by atoms with van der Waals surface area (Å²) in [7, 11) is 0. The number of benzene rings is 9. The Morgan fingerprint density at radius 3 is 1.71 bits per heavy atom. The first-order valence-corrected chi connectivity index (χ1v) is 16.9. The van der Waals surface area contributed by atoms with Gasteiger partial charge in [-0.2, -0.15) is 0 Å². The minimum Gasteiger partial charge on any atom is -0.310 e. The molecule has 0 radical (unpaired) electrons. The molecule has 9 aromatic rings. The van der Waals surface area contributed by atoms with E-state index in [2.05, 4.69) is 205 Å². The number of para-hydroxylation sites is 2. The largest absolute Gasteiger partial charge is 0.310 e. The summed E-state index contributed by atoms with van der Waals surface area (Å²) in [6.07, 6.45) is 0. The lowest BCUT2D eigenvalue weighted by Gasteiger charge is -2.28. The fourth-order valence-corrected chi connectivity index (χ4v) is 7.33. The van der Waals surface area contributed by atoms with Crippen molar-refractivity contribution < 1.29 is 0 Å². The van der Waals surface area contributed by atoms with E-state index >= 15 is 0 Å². The van der Waals surface area contributed by atoms with Gasteiger partial charge in [-0.25, -0.2) is 0 Å². The third-order valence-corrected chi connectivity index (χ3v) is 9.62. The summed E-state index contributed by atoms with van der Waals surface area (Å²) in [5, 5.41) is 7.54. The highest BCUT2D eigenvalue weighted by Crippen LogP contribution is 2.43. The summed E-state index contributed by atoms with van der Waals surface area (Å²) in [6.45, 7) is 0. The maximum absolute atomic E-state index is 2.39. The molecular formula is C48H33N. The number of rotatable bonds is 6. The molecule has 1 nitrogen and oxygen atoms in total. The lowest BCUT2D eigenvalue weighted by Crippen LogP contribution is -2.11. The van der Waals surface area contributed by atoms with Crippen molar-refractivity contribution in [3.63, 3.8) is 0 Å². The number of anilines is 3. The van der Waals surface area contributed by atoms with Crippen molar-refractivity contribution in [3.8, 4) is 33.4 Å². The maximum Gasteiger partial charge on any atom is 0.0540 e. The van der Waals surface area contributed by atoms with Gasteiger partial charge in [-0.3, -0.25) is 0 Å². The standard InChI is InChI=1S/C48H33N/c1-3-15-35(16-4-1)44-26-11-12-28-48(44)49(39-21-5-2-6-22-39)40-23-13-20-36(31-40)46-32-37-18-8-10-25-43(37)47-33-38(29-30-45(46)47)42-27-14-19-34-17-7-9-24-41(34)42/h1-33H. The molecule has 230 valence electrons. The van der Waals surface area contributed by atoms with Crippen molar-refractivity contribution in [1.82, 2.24) is 0 Å². The van der Waals surface area contributed by atoms with Crippen LogP contribution in [0.25, 0.3) is 65.7 Å². The van der Waals surface area contributed by atoms with Crippen LogP contribution in [0.2, 0.25) is 0 Å². The zero-order chi connectivity index (χ0) is 32.6. The van der Waals surface area contributed by atoms with Crippen molar-refractivity contribution in [1.29, 1.82) is 0 Å². The molecule has 0 aliphatic rings. The Kier molecular flexibility index (Phi) is 7.22. The van der Waals surface area contributed by atoms with Crippen molar-refractivity contribution in [2.75, 3.05) is 4.90 Å². The SMILES string of the molecule is c1ccc(-c2ccccc2N(c2ccccc2)c2cccc(-c3cc4ccccc4c4cc(-c5cccc6ccccc56)ccc34)c2)cc1. The van der Waals surface area contributed by atoms with Gasteiger partial charge in [-0.05, 0) is 103 Å². The van der Waals surface area contributed by atoms with E-state index in [-0.39, 0.29) is 0 Å². The minimum absolute atomic E-state index is 1.11. The normalized spacial score (nSPS) is 11.3. The Bertz CT molecular complexity index is 2600. The lowest BCUT2D eigenvalue weighted by atomic mass is 9.90. The Morgan fingerprint density at radius 1 is 0.265 bits per heavy atom. The molecule has 49 heavy (non-hydrogen) atoms. The van der Waals surface area contributed by atoms with Crippen LogP contribution in [-0.4, -0.2) is 0 Å². The van der Waals surface area contributed by atoms with Gasteiger partial charge >= 0.3 is 0 Å². The zero-order valence-electron chi connectivity index (χ0n) is 27.0. The van der Waals surface area contributed by atoms with Crippen LogP contribution in [0.5, 0.6) is 0 Å². The first-order valence-electron chi connectivity index (χ1n) is 16.9. The van der Waals surface area contributed by atoms with Crippen molar-refractivity contribution in [2.45, 2.75) is 0 Å². The average molecular weight is 624 g/mol. The van der Waals surface area contributed by atoms with Gasteiger partial charge < -0.3 is 4.90 Å². The Balaban J connectivity index is 1.24. The molecule has 0 unspecified atom stereocenters. The quantitative estimate of drug-likeness (QED) is 0.167. The molecule has 0 N–H and O–H groups in total. The van der Waals surface area contributed by atoms with E-state index in [0.29, 0.717) is 0 Å². The van der Waals surface area contributed by atoms with E-state index in [9.17, 15) is 0 Å². The number of fused-ring (bicyclic) bond motifs is 4.